The van der Waals surface area contributed by atoms with E-state index in [1.54, 1.807) is 18.3 Å². The van der Waals surface area contributed by atoms with Crippen molar-refractivity contribution >= 4 is 16.9 Å². The lowest BCUT2D eigenvalue weighted by molar-refractivity contribution is -0.0504. The molecule has 3 rings (SSSR count). The minimum Gasteiger partial charge on any atom is -0.497 e. The van der Waals surface area contributed by atoms with E-state index >= 15 is 0 Å². The van der Waals surface area contributed by atoms with Gasteiger partial charge in [0.05, 0.1) is 19.2 Å². The fraction of sp³-hybridized carbons (Fsp3) is 0.273. The van der Waals surface area contributed by atoms with Gasteiger partial charge in [0, 0.05) is 30.2 Å². The van der Waals surface area contributed by atoms with E-state index in [0.717, 1.165) is 16.5 Å². The highest BCUT2D eigenvalue weighted by molar-refractivity contribution is 5.83. The SMILES string of the molecule is CCNC(=NCc1cc(OC)ccc1OC(F)F)NCc1cccc2cccnc12. The number of benzene rings is 2. The van der Waals surface area contributed by atoms with E-state index in [0.29, 0.717) is 30.4 Å². The first kappa shape index (κ1) is 21.3. The molecule has 0 saturated carbocycles. The van der Waals surface area contributed by atoms with Crippen LogP contribution in [0.4, 0.5) is 8.78 Å². The van der Waals surface area contributed by atoms with E-state index in [1.807, 2.05) is 37.3 Å². The van der Waals surface area contributed by atoms with Gasteiger partial charge in [-0.15, -0.1) is 0 Å². The molecule has 0 aliphatic heterocycles. The molecule has 30 heavy (non-hydrogen) atoms. The summed E-state index contributed by atoms with van der Waals surface area (Å²) in [6, 6.07) is 14.6. The first-order valence-corrected chi connectivity index (χ1v) is 9.57. The molecule has 0 spiro atoms. The van der Waals surface area contributed by atoms with Crippen LogP contribution in [-0.4, -0.2) is 31.2 Å². The molecule has 0 radical (unpaired) electrons. The first-order chi connectivity index (χ1) is 14.6. The van der Waals surface area contributed by atoms with E-state index in [9.17, 15) is 8.78 Å². The third-order valence-corrected chi connectivity index (χ3v) is 4.40. The lowest BCUT2D eigenvalue weighted by atomic mass is 10.1. The Labute approximate surface area is 173 Å². The van der Waals surface area contributed by atoms with Crippen LogP contribution < -0.4 is 20.1 Å². The molecule has 0 atom stereocenters. The van der Waals surface area contributed by atoms with Gasteiger partial charge in [0.25, 0.3) is 0 Å². The predicted molar refractivity (Wildman–Crippen MR) is 113 cm³/mol. The third-order valence-electron chi connectivity index (χ3n) is 4.40. The van der Waals surface area contributed by atoms with Crippen LogP contribution in [0.2, 0.25) is 0 Å². The lowest BCUT2D eigenvalue weighted by Gasteiger charge is -2.14. The summed E-state index contributed by atoms with van der Waals surface area (Å²) in [6.45, 7) is 0.346. The standard InChI is InChI=1S/C22H24F2N4O2/c1-3-25-22(27-13-16-7-4-6-15-8-5-11-26-20(15)16)28-14-17-12-18(29-2)9-10-19(17)30-21(23)24/h4-12,21H,3,13-14H2,1-2H3,(H2,25,27,28). The number of alkyl halides is 2. The Morgan fingerprint density at radius 1 is 1.10 bits per heavy atom. The zero-order chi connectivity index (χ0) is 21.3. The van der Waals surface area contributed by atoms with Crippen LogP contribution in [0, 0.1) is 0 Å². The molecule has 2 N–H and O–H groups in total. The highest BCUT2D eigenvalue weighted by atomic mass is 19.3. The maximum Gasteiger partial charge on any atom is 0.387 e. The number of fused-ring (bicyclic) bond motifs is 1. The summed E-state index contributed by atoms with van der Waals surface area (Å²) in [4.78, 5) is 8.97. The van der Waals surface area contributed by atoms with Crippen LogP contribution in [0.1, 0.15) is 18.1 Å². The summed E-state index contributed by atoms with van der Waals surface area (Å²) >= 11 is 0. The van der Waals surface area contributed by atoms with E-state index in [2.05, 4.69) is 25.3 Å². The number of guanidine groups is 1. The molecule has 1 heterocycles. The number of rotatable bonds is 8. The second-order valence-corrected chi connectivity index (χ2v) is 6.39. The fourth-order valence-electron chi connectivity index (χ4n) is 3.01. The summed E-state index contributed by atoms with van der Waals surface area (Å²) < 4.78 is 35.2. The van der Waals surface area contributed by atoms with Gasteiger partial charge in [-0.1, -0.05) is 24.3 Å². The molecule has 158 valence electrons. The van der Waals surface area contributed by atoms with Crippen LogP contribution in [0.5, 0.6) is 11.5 Å². The Morgan fingerprint density at radius 3 is 2.70 bits per heavy atom. The molecule has 0 amide bonds. The number of hydrogen-bond acceptors (Lipinski definition) is 4. The van der Waals surface area contributed by atoms with Gasteiger partial charge in [0.2, 0.25) is 0 Å². The lowest BCUT2D eigenvalue weighted by Crippen LogP contribution is -2.36. The molecule has 0 unspecified atom stereocenters. The van der Waals surface area contributed by atoms with Crippen molar-refractivity contribution in [1.29, 1.82) is 0 Å². The van der Waals surface area contributed by atoms with E-state index in [-0.39, 0.29) is 12.3 Å². The minimum atomic E-state index is -2.91. The Bertz CT molecular complexity index is 1010. The second-order valence-electron chi connectivity index (χ2n) is 6.39. The van der Waals surface area contributed by atoms with E-state index < -0.39 is 6.61 Å². The van der Waals surface area contributed by atoms with Crippen LogP contribution in [0.25, 0.3) is 10.9 Å². The number of nitrogens with one attached hydrogen (secondary N) is 2. The maximum absolute atomic E-state index is 12.7. The zero-order valence-corrected chi connectivity index (χ0v) is 16.9. The first-order valence-electron chi connectivity index (χ1n) is 9.57. The summed E-state index contributed by atoms with van der Waals surface area (Å²) in [5.41, 5.74) is 2.45. The van der Waals surface area contributed by atoms with Gasteiger partial charge >= 0.3 is 6.61 Å². The van der Waals surface area contributed by atoms with E-state index in [4.69, 9.17) is 4.74 Å². The fourth-order valence-corrected chi connectivity index (χ4v) is 3.01. The molecule has 2 aromatic carbocycles. The van der Waals surface area contributed by atoms with Gasteiger partial charge in [-0.25, -0.2) is 4.99 Å². The van der Waals surface area contributed by atoms with Crippen molar-refractivity contribution in [1.82, 2.24) is 15.6 Å². The molecule has 6 nitrogen and oxygen atoms in total. The monoisotopic (exact) mass is 414 g/mol. The van der Waals surface area contributed by atoms with Crippen molar-refractivity contribution in [2.24, 2.45) is 4.99 Å². The Balaban J connectivity index is 1.77. The normalized spacial score (nSPS) is 11.6. The van der Waals surface area contributed by atoms with Gasteiger partial charge in [-0.3, -0.25) is 4.98 Å². The van der Waals surface area contributed by atoms with Gasteiger partial charge in [0.1, 0.15) is 11.5 Å². The zero-order valence-electron chi connectivity index (χ0n) is 16.9. The quantitative estimate of drug-likeness (QED) is 0.429. The van der Waals surface area contributed by atoms with Crippen LogP contribution in [-0.2, 0) is 13.1 Å². The van der Waals surface area contributed by atoms with Crippen molar-refractivity contribution in [3.05, 3.63) is 65.9 Å². The molecule has 1 aromatic heterocycles. The van der Waals surface area contributed by atoms with Gasteiger partial charge in [-0.2, -0.15) is 8.78 Å². The molecule has 0 aliphatic carbocycles. The number of hydrogen-bond donors (Lipinski definition) is 2. The molecule has 8 heteroatoms. The molecule has 3 aromatic rings. The molecular weight excluding hydrogens is 390 g/mol. The molecule has 0 fully saturated rings. The summed E-state index contributed by atoms with van der Waals surface area (Å²) in [6.07, 6.45) is 1.76. The smallest absolute Gasteiger partial charge is 0.387 e. The van der Waals surface area contributed by atoms with E-state index in [1.165, 1.54) is 13.2 Å². The number of pyridine rings is 1. The highest BCUT2D eigenvalue weighted by Crippen LogP contribution is 2.26. The highest BCUT2D eigenvalue weighted by Gasteiger charge is 2.11. The number of methoxy groups -OCH3 is 1. The van der Waals surface area contributed by atoms with Gasteiger partial charge in [0.15, 0.2) is 5.96 Å². The summed E-state index contributed by atoms with van der Waals surface area (Å²) in [5, 5.41) is 7.48. The number of aromatic nitrogens is 1. The van der Waals surface area contributed by atoms with Gasteiger partial charge < -0.3 is 20.1 Å². The summed E-state index contributed by atoms with van der Waals surface area (Å²) in [7, 11) is 1.51. The Hall–Kier alpha value is -3.42. The number of para-hydroxylation sites is 1. The Morgan fingerprint density at radius 2 is 1.93 bits per heavy atom. The van der Waals surface area contributed by atoms with Crippen molar-refractivity contribution in [2.45, 2.75) is 26.6 Å². The number of nitrogens with zero attached hydrogens (tertiary/aromatic N) is 2. The van der Waals surface area contributed by atoms with Crippen molar-refractivity contribution < 1.29 is 18.3 Å². The summed E-state index contributed by atoms with van der Waals surface area (Å²) in [5.74, 6) is 1.17. The number of halogens is 2. The van der Waals surface area contributed by atoms with Crippen LogP contribution in [0.3, 0.4) is 0 Å². The van der Waals surface area contributed by atoms with Crippen LogP contribution in [0.15, 0.2) is 59.7 Å². The average Bonchev–Trinajstić information content (AvgIpc) is 2.76. The topological polar surface area (TPSA) is 67.8 Å². The molecule has 0 aliphatic rings. The van der Waals surface area contributed by atoms with Gasteiger partial charge in [-0.05, 0) is 36.8 Å². The predicted octanol–water partition coefficient (Wildman–Crippen LogP) is 4.10. The minimum absolute atomic E-state index is 0.0728. The van der Waals surface area contributed by atoms with Crippen molar-refractivity contribution in [2.75, 3.05) is 13.7 Å². The maximum atomic E-state index is 12.7. The number of aliphatic imine (C=N–C) groups is 1. The van der Waals surface area contributed by atoms with Crippen molar-refractivity contribution in [3.8, 4) is 11.5 Å². The molecular formula is C22H24F2N4O2. The Kier molecular flexibility index (Phi) is 7.37. The molecule has 0 saturated heterocycles. The largest absolute Gasteiger partial charge is 0.497 e. The van der Waals surface area contributed by atoms with Crippen LogP contribution >= 0.6 is 0 Å². The van der Waals surface area contributed by atoms with Crippen molar-refractivity contribution in [3.63, 3.8) is 0 Å². The second kappa shape index (κ2) is 10.4. The average molecular weight is 414 g/mol. The molecule has 0 bridgehead atoms. The number of ether oxygens (including phenoxy) is 2. The third kappa shape index (κ3) is 5.56.